The number of nitrogens with one attached hydrogen (secondary N) is 2. The van der Waals surface area contributed by atoms with Crippen molar-refractivity contribution >= 4 is 45.2 Å². The van der Waals surface area contributed by atoms with E-state index < -0.39 is 39.7 Å². The molecule has 0 spiro atoms. The number of carbonyl (C=O) groups excluding carboxylic acids is 4. The molecule has 0 heterocycles. The van der Waals surface area contributed by atoms with E-state index in [1.165, 1.54) is 59.9 Å². The molecule has 2 N–H and O–H groups in total. The minimum absolute atomic E-state index is 0. The number of anilines is 2. The quantitative estimate of drug-likeness (QED) is 0.132. The van der Waals surface area contributed by atoms with Crippen molar-refractivity contribution in [2.75, 3.05) is 24.3 Å². The van der Waals surface area contributed by atoms with Crippen molar-refractivity contribution in [3.63, 3.8) is 0 Å². The molecule has 4 aromatic carbocycles. The number of sulfonamides is 1. The second-order valence-corrected chi connectivity index (χ2v) is 14.5. The third kappa shape index (κ3) is 11.9. The molecule has 54 heavy (non-hydrogen) atoms. The van der Waals surface area contributed by atoms with E-state index in [0.29, 0.717) is 50.0 Å². The Morgan fingerprint density at radius 1 is 0.759 bits per heavy atom. The first-order valence-corrected chi connectivity index (χ1v) is 18.4. The molecule has 2 amide bonds. The molecule has 0 radical (unpaired) electrons. The summed E-state index contributed by atoms with van der Waals surface area (Å²) in [6, 6.07) is 23.7. The number of carboxylic acids is 2. The maximum Gasteiger partial charge on any atom is 1.00 e. The Labute approximate surface area is 400 Å². The van der Waals surface area contributed by atoms with Gasteiger partial charge in [0.05, 0.1) is 29.2 Å². The van der Waals surface area contributed by atoms with Gasteiger partial charge in [0.25, 0.3) is 11.8 Å². The van der Waals surface area contributed by atoms with E-state index in [1.807, 2.05) is 12.1 Å². The summed E-state index contributed by atoms with van der Waals surface area (Å²) in [5.74, 6) is -3.70. The average Bonchev–Trinajstić information content (AvgIpc) is 3.15. The number of rotatable bonds is 14. The number of carboxylic acid groups (broad SMARTS) is 2. The van der Waals surface area contributed by atoms with Crippen molar-refractivity contribution in [1.29, 1.82) is 0 Å². The third-order valence-corrected chi connectivity index (χ3v) is 11.3. The zero-order chi connectivity index (χ0) is 37.4. The van der Waals surface area contributed by atoms with E-state index in [2.05, 4.69) is 10.6 Å². The number of carbonyl (C=O) groups is 4. The molecule has 1 aliphatic rings. The smallest absolute Gasteiger partial charge is 0.550 e. The zero-order valence-corrected chi connectivity index (χ0v) is 37.9. The number of aryl methyl sites for hydroxylation is 2. The molecule has 12 nitrogen and oxygen atoms in total. The van der Waals surface area contributed by atoms with Crippen LogP contribution in [0.15, 0.2) is 95.9 Å². The molecule has 0 unspecified atom stereocenters. The predicted molar refractivity (Wildman–Crippen MR) is 190 cm³/mol. The fraction of sp³-hybridized carbons (Fsp3) is 0.282. The second kappa shape index (κ2) is 21.3. The summed E-state index contributed by atoms with van der Waals surface area (Å²) >= 11 is 0. The molecule has 0 bridgehead atoms. The first kappa shape index (κ1) is 46.1. The van der Waals surface area contributed by atoms with E-state index in [1.54, 1.807) is 37.3 Å². The van der Waals surface area contributed by atoms with Crippen LogP contribution in [0, 0.1) is 5.92 Å². The number of aliphatic carboxylic acids is 1. The minimum Gasteiger partial charge on any atom is -0.550 e. The van der Waals surface area contributed by atoms with Gasteiger partial charge in [-0.05, 0) is 110 Å². The Kier molecular flexibility index (Phi) is 18.2. The summed E-state index contributed by atoms with van der Waals surface area (Å²) in [4.78, 5) is 49.2. The van der Waals surface area contributed by atoms with Crippen LogP contribution in [0.3, 0.4) is 0 Å². The number of amides is 2. The number of aromatic carboxylic acids is 1. The molecule has 1 aliphatic carbocycles. The van der Waals surface area contributed by atoms with Crippen LogP contribution < -0.4 is 128 Å². The van der Waals surface area contributed by atoms with Crippen molar-refractivity contribution in [3.8, 4) is 5.75 Å². The van der Waals surface area contributed by atoms with E-state index >= 15 is 0 Å². The summed E-state index contributed by atoms with van der Waals surface area (Å²) in [5.41, 5.74) is 2.97. The fourth-order valence-electron chi connectivity index (χ4n) is 6.35. The summed E-state index contributed by atoms with van der Waals surface area (Å²) in [6.45, 7) is 1.89. The van der Waals surface area contributed by atoms with Gasteiger partial charge >= 0.3 is 103 Å². The van der Waals surface area contributed by atoms with Gasteiger partial charge < -0.3 is 35.2 Å². The van der Waals surface area contributed by atoms with Crippen LogP contribution in [0.4, 0.5) is 11.4 Å². The predicted octanol–water partition coefficient (Wildman–Crippen LogP) is -2.32. The van der Waals surface area contributed by atoms with Crippen molar-refractivity contribution in [2.45, 2.75) is 56.4 Å². The van der Waals surface area contributed by atoms with E-state index in [-0.39, 0.29) is 143 Å². The first-order valence-electron chi connectivity index (χ1n) is 16.9. The van der Waals surface area contributed by atoms with Gasteiger partial charge in [0, 0.05) is 29.8 Å². The number of ether oxygens (including phenoxy) is 1. The average molecular weight is 804 g/mol. The van der Waals surface area contributed by atoms with E-state index in [4.69, 9.17) is 4.74 Å². The summed E-state index contributed by atoms with van der Waals surface area (Å²) in [7, 11) is -2.57. The Morgan fingerprint density at radius 2 is 1.37 bits per heavy atom. The van der Waals surface area contributed by atoms with Gasteiger partial charge in [-0.25, -0.2) is 8.42 Å². The number of hydrogen-bond donors (Lipinski definition) is 2. The van der Waals surface area contributed by atoms with Crippen LogP contribution in [0.25, 0.3) is 0 Å². The largest absolute Gasteiger partial charge is 1.00 e. The summed E-state index contributed by atoms with van der Waals surface area (Å²) in [5, 5.41) is 27.8. The number of hydrogen-bond acceptors (Lipinski definition) is 9. The summed E-state index contributed by atoms with van der Waals surface area (Å²) in [6.07, 6.45) is 2.82. The molecular formula is C39H39K2N3O9S. The molecule has 0 aromatic heterocycles. The van der Waals surface area contributed by atoms with E-state index in [0.717, 1.165) is 11.1 Å². The standard InChI is InChI=1S/C39H41N3O9S.2K/c1-3-42(31-19-15-28(16-20-31)39(47)48)52(49,50)33-6-4-5-29(23-33)36(43)41-35-22-21-32(51-2)24-34(35)37(44)40-30-17-11-26(12-18-30)8-7-25-9-13-27(14-10-25)38(45)46;;/h4-6,9-14,17-18,21-24,28,31H,3,7-8,15-16,19-20H2,1-2H3,(H,40,44)(H,41,43)(H,45,46)(H,47,48);;/q;2*+1/p-2. The van der Waals surface area contributed by atoms with Gasteiger partial charge in [-0.15, -0.1) is 0 Å². The van der Waals surface area contributed by atoms with Gasteiger partial charge in [0.2, 0.25) is 10.0 Å². The Bertz CT molecular complexity index is 2050. The maximum atomic E-state index is 13.7. The van der Waals surface area contributed by atoms with Crippen LogP contribution in [0.5, 0.6) is 5.75 Å². The number of benzene rings is 4. The zero-order valence-electron chi connectivity index (χ0n) is 30.8. The van der Waals surface area contributed by atoms with E-state index in [9.17, 15) is 37.8 Å². The maximum absolute atomic E-state index is 13.7. The summed E-state index contributed by atoms with van der Waals surface area (Å²) < 4.78 is 34.1. The van der Waals surface area contributed by atoms with Crippen LogP contribution in [-0.4, -0.2) is 56.2 Å². The normalized spacial score (nSPS) is 15.2. The van der Waals surface area contributed by atoms with Crippen LogP contribution in [0.1, 0.15) is 74.8 Å². The van der Waals surface area contributed by atoms with Gasteiger partial charge in [0.15, 0.2) is 0 Å². The molecule has 0 saturated heterocycles. The van der Waals surface area contributed by atoms with Gasteiger partial charge in [-0.1, -0.05) is 49.4 Å². The molecule has 0 aliphatic heterocycles. The van der Waals surface area contributed by atoms with Crippen molar-refractivity contribution in [1.82, 2.24) is 4.31 Å². The van der Waals surface area contributed by atoms with Gasteiger partial charge in [-0.2, -0.15) is 4.31 Å². The van der Waals surface area contributed by atoms with Crippen LogP contribution in [-0.2, 0) is 27.7 Å². The topological polar surface area (TPSA) is 185 Å². The molecule has 5 rings (SSSR count). The Morgan fingerprint density at radius 3 is 1.93 bits per heavy atom. The minimum atomic E-state index is -4.02. The number of methoxy groups -OCH3 is 1. The third-order valence-electron chi connectivity index (χ3n) is 9.28. The van der Waals surface area contributed by atoms with Crippen molar-refractivity contribution in [2.24, 2.45) is 5.92 Å². The SMILES string of the molecule is CCN(C1CCC(C(=O)[O-])CC1)S(=O)(=O)c1cccc(C(=O)Nc2ccc(OC)cc2C(=O)Nc2ccc(CCc3ccc(C(=O)[O-])cc3)cc2)c1.[K+].[K+]. The Hall–Kier alpha value is -2.26. The number of nitrogens with zero attached hydrogens (tertiary/aromatic N) is 1. The van der Waals surface area contributed by atoms with Gasteiger partial charge in [0.1, 0.15) is 5.75 Å². The molecular weight excluding hydrogens is 765 g/mol. The molecule has 1 saturated carbocycles. The Balaban J connectivity index is 0.00000392. The molecule has 4 aromatic rings. The fourth-order valence-corrected chi connectivity index (χ4v) is 8.09. The van der Waals surface area contributed by atoms with Crippen LogP contribution in [0.2, 0.25) is 0 Å². The molecule has 15 heteroatoms. The van der Waals surface area contributed by atoms with Gasteiger partial charge in [-0.3, -0.25) is 9.59 Å². The molecule has 0 atom stereocenters. The first-order chi connectivity index (χ1) is 24.9. The second-order valence-electron chi connectivity index (χ2n) is 12.6. The molecule has 1 fully saturated rings. The molecule has 272 valence electrons. The monoisotopic (exact) mass is 803 g/mol. The van der Waals surface area contributed by atoms with Crippen molar-refractivity contribution < 1.29 is 145 Å². The van der Waals surface area contributed by atoms with Crippen LogP contribution >= 0.6 is 0 Å². The van der Waals surface area contributed by atoms with Crippen molar-refractivity contribution in [3.05, 3.63) is 119 Å².